The van der Waals surface area contributed by atoms with Crippen LogP contribution in [0.3, 0.4) is 0 Å². The Bertz CT molecular complexity index is 769. The van der Waals surface area contributed by atoms with Gasteiger partial charge >= 0.3 is 0 Å². The molecule has 3 rings (SSSR count). The van der Waals surface area contributed by atoms with E-state index in [4.69, 9.17) is 4.42 Å². The maximum absolute atomic E-state index is 11.5. The molecule has 1 amide bonds. The number of benzene rings is 1. The molecule has 7 heteroatoms. The molecule has 0 aliphatic carbocycles. The van der Waals surface area contributed by atoms with E-state index in [1.807, 2.05) is 47.0 Å². The molecule has 3 aromatic rings. The molecule has 0 radical (unpaired) electrons. The monoisotopic (exact) mass is 328 g/mol. The molecule has 1 aromatic carbocycles. The van der Waals surface area contributed by atoms with Gasteiger partial charge in [0.15, 0.2) is 11.0 Å². The van der Waals surface area contributed by atoms with Crippen molar-refractivity contribution in [2.75, 3.05) is 12.8 Å². The fraction of sp³-hybridized carbons (Fsp3) is 0.188. The normalized spacial score (nSPS) is 10.7. The summed E-state index contributed by atoms with van der Waals surface area (Å²) < 4.78 is 7.39. The van der Waals surface area contributed by atoms with Crippen molar-refractivity contribution in [3.8, 4) is 11.4 Å². The highest BCUT2D eigenvalue weighted by Gasteiger charge is 2.16. The van der Waals surface area contributed by atoms with E-state index in [9.17, 15) is 4.79 Å². The Morgan fingerprint density at radius 3 is 2.74 bits per heavy atom. The summed E-state index contributed by atoms with van der Waals surface area (Å²) in [5.74, 6) is 1.80. The van der Waals surface area contributed by atoms with Gasteiger partial charge in [0.1, 0.15) is 5.76 Å². The SMILES string of the molecule is CNC(=O)CSc1nnc(-c2ccccc2)n1Cc1ccco1. The molecule has 0 bridgehead atoms. The zero-order chi connectivity index (χ0) is 16.1. The summed E-state index contributed by atoms with van der Waals surface area (Å²) in [7, 11) is 1.62. The van der Waals surface area contributed by atoms with Gasteiger partial charge in [-0.25, -0.2) is 0 Å². The van der Waals surface area contributed by atoms with Crippen molar-refractivity contribution in [1.82, 2.24) is 20.1 Å². The number of carbonyl (C=O) groups is 1. The van der Waals surface area contributed by atoms with Crippen LogP contribution < -0.4 is 5.32 Å². The van der Waals surface area contributed by atoms with Gasteiger partial charge in [0.05, 0.1) is 18.6 Å². The van der Waals surface area contributed by atoms with Crippen molar-refractivity contribution in [2.45, 2.75) is 11.7 Å². The molecule has 0 aliphatic heterocycles. The first kappa shape index (κ1) is 15.4. The van der Waals surface area contributed by atoms with Gasteiger partial charge in [-0.3, -0.25) is 9.36 Å². The number of aromatic nitrogens is 3. The van der Waals surface area contributed by atoms with E-state index >= 15 is 0 Å². The second-order valence-electron chi connectivity index (χ2n) is 4.80. The molecule has 118 valence electrons. The lowest BCUT2D eigenvalue weighted by Gasteiger charge is -2.08. The van der Waals surface area contributed by atoms with Crippen LogP contribution in [0.25, 0.3) is 11.4 Å². The maximum Gasteiger partial charge on any atom is 0.230 e. The summed E-state index contributed by atoms with van der Waals surface area (Å²) in [6.45, 7) is 0.514. The van der Waals surface area contributed by atoms with E-state index < -0.39 is 0 Å². The van der Waals surface area contributed by atoms with Gasteiger partial charge in [-0.2, -0.15) is 0 Å². The Kier molecular flexibility index (Phi) is 4.77. The van der Waals surface area contributed by atoms with Gasteiger partial charge in [0, 0.05) is 12.6 Å². The van der Waals surface area contributed by atoms with E-state index in [1.165, 1.54) is 11.8 Å². The van der Waals surface area contributed by atoms with Crippen molar-refractivity contribution in [1.29, 1.82) is 0 Å². The lowest BCUT2D eigenvalue weighted by molar-refractivity contribution is -0.118. The molecule has 23 heavy (non-hydrogen) atoms. The number of furan rings is 1. The maximum atomic E-state index is 11.5. The number of nitrogens with one attached hydrogen (secondary N) is 1. The minimum atomic E-state index is -0.0520. The minimum absolute atomic E-state index is 0.0520. The molecule has 0 aliphatic rings. The number of rotatable bonds is 6. The predicted molar refractivity (Wildman–Crippen MR) is 88.1 cm³/mol. The highest BCUT2D eigenvalue weighted by atomic mass is 32.2. The Balaban J connectivity index is 1.93. The molecule has 6 nitrogen and oxygen atoms in total. The summed E-state index contributed by atoms with van der Waals surface area (Å²) in [6.07, 6.45) is 1.64. The zero-order valence-corrected chi connectivity index (χ0v) is 13.4. The molecule has 2 heterocycles. The van der Waals surface area contributed by atoms with Crippen molar-refractivity contribution >= 4 is 17.7 Å². The Labute approximate surface area is 137 Å². The molecule has 0 fully saturated rings. The standard InChI is InChI=1S/C16H16N4O2S/c1-17-14(21)11-23-16-19-18-15(12-6-3-2-4-7-12)20(16)10-13-8-5-9-22-13/h2-9H,10-11H2,1H3,(H,17,21). The fourth-order valence-electron chi connectivity index (χ4n) is 2.10. The molecule has 2 aromatic heterocycles. The van der Waals surface area contributed by atoms with Gasteiger partial charge in [-0.15, -0.1) is 10.2 Å². The molecule has 0 unspecified atom stereocenters. The van der Waals surface area contributed by atoms with E-state index in [0.717, 1.165) is 17.1 Å². The predicted octanol–water partition coefficient (Wildman–Crippen LogP) is 2.42. The minimum Gasteiger partial charge on any atom is -0.467 e. The number of nitrogens with zero attached hydrogens (tertiary/aromatic N) is 3. The van der Waals surface area contributed by atoms with Crippen molar-refractivity contribution in [2.24, 2.45) is 0 Å². The Hall–Kier alpha value is -2.54. The Morgan fingerprint density at radius 1 is 1.22 bits per heavy atom. The smallest absolute Gasteiger partial charge is 0.230 e. The summed E-state index contributed by atoms with van der Waals surface area (Å²) >= 11 is 1.35. The van der Waals surface area contributed by atoms with Crippen molar-refractivity contribution in [3.05, 3.63) is 54.5 Å². The zero-order valence-electron chi connectivity index (χ0n) is 12.6. The summed E-state index contributed by atoms with van der Waals surface area (Å²) in [6, 6.07) is 13.6. The van der Waals surface area contributed by atoms with Gasteiger partial charge in [-0.05, 0) is 12.1 Å². The third kappa shape index (κ3) is 3.62. The number of hydrogen-bond acceptors (Lipinski definition) is 5. The average Bonchev–Trinajstić information content (AvgIpc) is 3.24. The van der Waals surface area contributed by atoms with Crippen LogP contribution in [-0.4, -0.2) is 33.5 Å². The molecule has 0 atom stereocenters. The van der Waals surface area contributed by atoms with E-state index in [2.05, 4.69) is 15.5 Å². The fourth-order valence-corrected chi connectivity index (χ4v) is 2.91. The number of thioether (sulfide) groups is 1. The van der Waals surface area contributed by atoms with Crippen LogP contribution in [0.2, 0.25) is 0 Å². The van der Waals surface area contributed by atoms with Gasteiger partial charge in [0.2, 0.25) is 5.91 Å². The lowest BCUT2D eigenvalue weighted by atomic mass is 10.2. The summed E-state index contributed by atoms with van der Waals surface area (Å²) in [5, 5.41) is 11.8. The number of carbonyl (C=O) groups excluding carboxylic acids is 1. The van der Waals surface area contributed by atoms with Gasteiger partial charge < -0.3 is 9.73 Å². The van der Waals surface area contributed by atoms with E-state index in [0.29, 0.717) is 17.5 Å². The third-order valence-electron chi connectivity index (χ3n) is 3.25. The number of amides is 1. The lowest BCUT2D eigenvalue weighted by Crippen LogP contribution is -2.20. The molecular formula is C16H16N4O2S. The van der Waals surface area contributed by atoms with Crippen LogP contribution in [0.1, 0.15) is 5.76 Å². The van der Waals surface area contributed by atoms with Gasteiger partial charge in [-0.1, -0.05) is 42.1 Å². The highest BCUT2D eigenvalue weighted by Crippen LogP contribution is 2.25. The average molecular weight is 328 g/mol. The second-order valence-corrected chi connectivity index (χ2v) is 5.74. The first-order valence-electron chi connectivity index (χ1n) is 7.12. The van der Waals surface area contributed by atoms with Crippen LogP contribution in [0.4, 0.5) is 0 Å². The Morgan fingerprint density at radius 2 is 2.04 bits per heavy atom. The van der Waals surface area contributed by atoms with Crippen LogP contribution in [-0.2, 0) is 11.3 Å². The van der Waals surface area contributed by atoms with E-state index in [1.54, 1.807) is 13.3 Å². The van der Waals surface area contributed by atoms with Gasteiger partial charge in [0.25, 0.3) is 0 Å². The van der Waals surface area contributed by atoms with Crippen LogP contribution >= 0.6 is 11.8 Å². The van der Waals surface area contributed by atoms with Crippen LogP contribution in [0.15, 0.2) is 58.3 Å². The largest absolute Gasteiger partial charge is 0.467 e. The molecule has 1 N–H and O–H groups in total. The first-order chi connectivity index (χ1) is 11.3. The molecule has 0 saturated heterocycles. The summed E-state index contributed by atoms with van der Waals surface area (Å²) in [4.78, 5) is 11.5. The first-order valence-corrected chi connectivity index (χ1v) is 8.11. The number of hydrogen-bond donors (Lipinski definition) is 1. The topological polar surface area (TPSA) is 73.0 Å². The second kappa shape index (κ2) is 7.15. The summed E-state index contributed by atoms with van der Waals surface area (Å²) in [5.41, 5.74) is 0.971. The van der Waals surface area contributed by atoms with Crippen molar-refractivity contribution in [3.63, 3.8) is 0 Å². The molecular weight excluding hydrogens is 312 g/mol. The molecule has 0 spiro atoms. The molecule has 0 saturated carbocycles. The highest BCUT2D eigenvalue weighted by molar-refractivity contribution is 7.99. The quantitative estimate of drug-likeness (QED) is 0.704. The van der Waals surface area contributed by atoms with E-state index in [-0.39, 0.29) is 5.91 Å². The van der Waals surface area contributed by atoms with Crippen LogP contribution in [0, 0.1) is 0 Å². The third-order valence-corrected chi connectivity index (χ3v) is 4.22. The van der Waals surface area contributed by atoms with Crippen LogP contribution in [0.5, 0.6) is 0 Å². The van der Waals surface area contributed by atoms with Crippen molar-refractivity contribution < 1.29 is 9.21 Å².